The van der Waals surface area contributed by atoms with Crippen molar-refractivity contribution in [3.05, 3.63) is 65.7 Å². The average molecular weight is 399 g/mol. The number of rotatable bonds is 3. The molecule has 0 N–H and O–H groups in total. The maximum Gasteiger partial charge on any atom is 0.227 e. The number of benzene rings is 1. The molecule has 0 saturated carbocycles. The Hall–Kier alpha value is -3.41. The van der Waals surface area contributed by atoms with Gasteiger partial charge in [0.25, 0.3) is 0 Å². The first-order chi connectivity index (χ1) is 14.3. The maximum absolute atomic E-state index is 6.39. The van der Waals surface area contributed by atoms with Gasteiger partial charge in [-0.2, -0.15) is 5.10 Å². The molecule has 0 aliphatic heterocycles. The molecule has 152 valence electrons. The molecule has 0 saturated heterocycles. The van der Waals surface area contributed by atoms with Gasteiger partial charge in [-0.3, -0.25) is 0 Å². The van der Waals surface area contributed by atoms with E-state index in [1.807, 2.05) is 43.9 Å². The van der Waals surface area contributed by atoms with Gasteiger partial charge in [0.2, 0.25) is 5.89 Å². The second-order valence-corrected chi connectivity index (χ2v) is 8.71. The molecule has 3 heterocycles. The second-order valence-electron chi connectivity index (χ2n) is 8.71. The predicted octanol–water partition coefficient (Wildman–Crippen LogP) is 4.80. The van der Waals surface area contributed by atoms with Gasteiger partial charge in [-0.25, -0.2) is 14.6 Å². The zero-order chi connectivity index (χ0) is 21.0. The van der Waals surface area contributed by atoms with E-state index in [0.717, 1.165) is 51.9 Å². The number of pyridine rings is 1. The molecule has 4 aromatic rings. The van der Waals surface area contributed by atoms with Crippen molar-refractivity contribution in [1.82, 2.24) is 19.7 Å². The van der Waals surface area contributed by atoms with Crippen molar-refractivity contribution in [3.63, 3.8) is 0 Å². The molecular weight excluding hydrogens is 374 g/mol. The van der Waals surface area contributed by atoms with Crippen LogP contribution in [-0.4, -0.2) is 33.8 Å². The number of hydrogen-bond acceptors (Lipinski definition) is 5. The molecular formula is C24H25N5O. The lowest BCUT2D eigenvalue weighted by atomic mass is 9.77. The zero-order valence-electron chi connectivity index (χ0n) is 18.0. The van der Waals surface area contributed by atoms with Crippen LogP contribution in [0.4, 0.5) is 5.69 Å². The molecule has 6 heteroatoms. The maximum atomic E-state index is 6.39. The van der Waals surface area contributed by atoms with Crippen LogP contribution in [-0.2, 0) is 11.8 Å². The van der Waals surface area contributed by atoms with Crippen LogP contribution in [0.15, 0.2) is 53.1 Å². The van der Waals surface area contributed by atoms with Gasteiger partial charge in [-0.15, -0.1) is 0 Å². The lowest BCUT2D eigenvalue weighted by Gasteiger charge is -2.28. The van der Waals surface area contributed by atoms with E-state index in [-0.39, 0.29) is 5.41 Å². The smallest absolute Gasteiger partial charge is 0.227 e. The quantitative estimate of drug-likeness (QED) is 0.495. The Labute approximate surface area is 176 Å². The molecule has 30 heavy (non-hydrogen) atoms. The fourth-order valence-electron chi connectivity index (χ4n) is 4.18. The van der Waals surface area contributed by atoms with Crippen LogP contribution < -0.4 is 4.90 Å². The third kappa shape index (κ3) is 2.83. The van der Waals surface area contributed by atoms with E-state index < -0.39 is 0 Å². The highest BCUT2D eigenvalue weighted by Crippen LogP contribution is 2.46. The van der Waals surface area contributed by atoms with Gasteiger partial charge < -0.3 is 9.32 Å². The summed E-state index contributed by atoms with van der Waals surface area (Å²) in [5.74, 6) is 2.30. The van der Waals surface area contributed by atoms with Crippen molar-refractivity contribution in [2.45, 2.75) is 32.6 Å². The standard InChI is InChI=1S/C24H25N5O/c1-15-20-18(29(27-15)19-8-6-7-13-25-19)14-24(2,3)22-21(20)30-23(26-22)16-9-11-17(12-10-16)28(4)5/h6-13H,14H2,1-5H3. The first-order valence-corrected chi connectivity index (χ1v) is 10.1. The number of fused-ring (bicyclic) bond motifs is 3. The molecule has 3 aromatic heterocycles. The Morgan fingerprint density at radius 2 is 1.83 bits per heavy atom. The van der Waals surface area contributed by atoms with E-state index in [9.17, 15) is 0 Å². The van der Waals surface area contributed by atoms with Crippen LogP contribution in [0.2, 0.25) is 0 Å². The Balaban J connectivity index is 1.66. The van der Waals surface area contributed by atoms with E-state index in [4.69, 9.17) is 14.5 Å². The zero-order valence-corrected chi connectivity index (χ0v) is 18.0. The number of hydrogen-bond donors (Lipinski definition) is 0. The molecule has 6 nitrogen and oxygen atoms in total. The molecule has 0 amide bonds. The molecule has 0 bridgehead atoms. The summed E-state index contributed by atoms with van der Waals surface area (Å²) in [4.78, 5) is 11.5. The summed E-state index contributed by atoms with van der Waals surface area (Å²) in [5, 5.41) is 4.80. The Kier molecular flexibility index (Phi) is 4.07. The fraction of sp³-hybridized carbons (Fsp3) is 0.292. The van der Waals surface area contributed by atoms with Crippen LogP contribution in [0.1, 0.15) is 30.9 Å². The Bertz CT molecular complexity index is 1220. The molecule has 1 aromatic carbocycles. The van der Waals surface area contributed by atoms with E-state index in [2.05, 4.69) is 48.0 Å². The molecule has 5 rings (SSSR count). The summed E-state index contributed by atoms with van der Waals surface area (Å²) in [7, 11) is 4.07. The lowest BCUT2D eigenvalue weighted by molar-refractivity contribution is 0.478. The minimum absolute atomic E-state index is 0.174. The summed E-state index contributed by atoms with van der Waals surface area (Å²) in [6.07, 6.45) is 2.61. The molecule has 0 fully saturated rings. The molecule has 0 spiro atoms. The minimum atomic E-state index is -0.174. The van der Waals surface area contributed by atoms with Crippen LogP contribution in [0, 0.1) is 6.92 Å². The van der Waals surface area contributed by atoms with Gasteiger partial charge in [0, 0.05) is 43.4 Å². The van der Waals surface area contributed by atoms with E-state index in [0.29, 0.717) is 5.89 Å². The van der Waals surface area contributed by atoms with Crippen molar-refractivity contribution in [2.75, 3.05) is 19.0 Å². The average Bonchev–Trinajstić information content (AvgIpc) is 3.31. The summed E-state index contributed by atoms with van der Waals surface area (Å²) in [5.41, 5.74) is 6.02. The van der Waals surface area contributed by atoms with Crippen LogP contribution in [0.3, 0.4) is 0 Å². The minimum Gasteiger partial charge on any atom is -0.436 e. The van der Waals surface area contributed by atoms with Gasteiger partial charge in [0.1, 0.15) is 0 Å². The van der Waals surface area contributed by atoms with Crippen molar-refractivity contribution < 1.29 is 4.42 Å². The molecule has 0 radical (unpaired) electrons. The second kappa shape index (κ2) is 6.55. The Morgan fingerprint density at radius 3 is 2.50 bits per heavy atom. The van der Waals surface area contributed by atoms with Gasteiger partial charge in [-0.1, -0.05) is 19.9 Å². The highest BCUT2D eigenvalue weighted by atomic mass is 16.4. The largest absolute Gasteiger partial charge is 0.436 e. The van der Waals surface area contributed by atoms with Crippen molar-refractivity contribution in [3.8, 4) is 28.6 Å². The first-order valence-electron chi connectivity index (χ1n) is 10.1. The Morgan fingerprint density at radius 1 is 1.07 bits per heavy atom. The van der Waals surface area contributed by atoms with Crippen molar-refractivity contribution in [1.29, 1.82) is 0 Å². The van der Waals surface area contributed by atoms with Gasteiger partial charge in [0.05, 0.1) is 22.6 Å². The third-order valence-electron chi connectivity index (χ3n) is 5.76. The predicted molar refractivity (Wildman–Crippen MR) is 118 cm³/mol. The van der Waals surface area contributed by atoms with Gasteiger partial charge in [-0.05, 0) is 43.3 Å². The third-order valence-corrected chi connectivity index (χ3v) is 5.76. The summed E-state index contributed by atoms with van der Waals surface area (Å²) >= 11 is 0. The van der Waals surface area contributed by atoms with E-state index in [1.165, 1.54) is 0 Å². The van der Waals surface area contributed by atoms with Gasteiger partial charge in [0.15, 0.2) is 11.6 Å². The number of nitrogens with zero attached hydrogens (tertiary/aromatic N) is 5. The number of aryl methyl sites for hydroxylation is 1. The fourth-order valence-corrected chi connectivity index (χ4v) is 4.18. The highest BCUT2D eigenvalue weighted by Gasteiger charge is 2.40. The molecule has 1 aliphatic rings. The lowest BCUT2D eigenvalue weighted by Crippen LogP contribution is -2.27. The highest BCUT2D eigenvalue weighted by molar-refractivity contribution is 5.73. The molecule has 0 atom stereocenters. The number of anilines is 1. The van der Waals surface area contributed by atoms with Crippen LogP contribution in [0.25, 0.3) is 28.6 Å². The number of aromatic nitrogens is 4. The SMILES string of the molecule is Cc1nn(-c2ccccn2)c2c1-c1oc(-c3ccc(N(C)C)cc3)nc1C(C)(C)C2. The van der Waals surface area contributed by atoms with Crippen LogP contribution >= 0.6 is 0 Å². The van der Waals surface area contributed by atoms with Crippen molar-refractivity contribution in [2.24, 2.45) is 0 Å². The summed E-state index contributed by atoms with van der Waals surface area (Å²) < 4.78 is 8.33. The van der Waals surface area contributed by atoms with Crippen molar-refractivity contribution >= 4 is 5.69 Å². The summed E-state index contributed by atoms with van der Waals surface area (Å²) in [6, 6.07) is 14.2. The number of oxazole rings is 1. The first kappa shape index (κ1) is 18.6. The van der Waals surface area contributed by atoms with Gasteiger partial charge >= 0.3 is 0 Å². The molecule has 1 aliphatic carbocycles. The molecule has 0 unspecified atom stereocenters. The normalized spacial score (nSPS) is 14.3. The van der Waals surface area contributed by atoms with E-state index >= 15 is 0 Å². The van der Waals surface area contributed by atoms with Crippen LogP contribution in [0.5, 0.6) is 0 Å². The monoisotopic (exact) mass is 399 g/mol. The van der Waals surface area contributed by atoms with E-state index in [1.54, 1.807) is 6.20 Å². The topological polar surface area (TPSA) is 60.0 Å². The summed E-state index contributed by atoms with van der Waals surface area (Å²) in [6.45, 7) is 6.44.